The average Bonchev–Trinajstić information content (AvgIpc) is 2.45. The van der Waals surface area contributed by atoms with Crippen LogP contribution in [0.3, 0.4) is 0 Å². The van der Waals surface area contributed by atoms with Crippen molar-refractivity contribution in [1.29, 1.82) is 0 Å². The van der Waals surface area contributed by atoms with Gasteiger partial charge in [0, 0.05) is 0 Å². The van der Waals surface area contributed by atoms with Crippen molar-refractivity contribution in [1.82, 2.24) is 0 Å². The summed E-state index contributed by atoms with van der Waals surface area (Å²) in [5, 5.41) is 0. The van der Waals surface area contributed by atoms with Gasteiger partial charge in [0.1, 0.15) is 6.17 Å². The van der Waals surface area contributed by atoms with Gasteiger partial charge in [-0.05, 0) is 6.42 Å². The summed E-state index contributed by atoms with van der Waals surface area (Å²) in [7, 11) is 1.27. The minimum absolute atomic E-state index is 0.354. The predicted octanol–water partition coefficient (Wildman–Crippen LogP) is 0.517. The number of carbonyl (C=O) groups excluding carboxylic acids is 1. The number of rotatable bonds is 1. The number of methoxy groups -OCH3 is 1. The molecule has 0 saturated heterocycles. The minimum Gasteiger partial charge on any atom is -0.469 e. The Balaban J connectivity index is 2.28. The quantitative estimate of drug-likeness (QED) is 0.469. The van der Waals surface area contributed by atoms with Crippen LogP contribution in [0.2, 0.25) is 0 Å². The summed E-state index contributed by atoms with van der Waals surface area (Å²) in [6.45, 7) is 0. The van der Waals surface area contributed by atoms with Gasteiger partial charge in [0.15, 0.2) is 0 Å². The molecule has 0 spiro atoms. The van der Waals surface area contributed by atoms with Gasteiger partial charge >= 0.3 is 5.97 Å². The van der Waals surface area contributed by atoms with Crippen LogP contribution >= 0.6 is 0 Å². The first-order chi connectivity index (χ1) is 3.75. The lowest BCUT2D eigenvalue weighted by molar-refractivity contribution is -0.142. The van der Waals surface area contributed by atoms with E-state index in [9.17, 15) is 9.18 Å². The molecule has 0 heterocycles. The van der Waals surface area contributed by atoms with Crippen LogP contribution < -0.4 is 0 Å². The van der Waals surface area contributed by atoms with Crippen LogP contribution in [0.1, 0.15) is 6.42 Å². The second-order valence-corrected chi connectivity index (χ2v) is 1.88. The van der Waals surface area contributed by atoms with Gasteiger partial charge in [0.25, 0.3) is 0 Å². The Morgan fingerprint density at radius 3 is 2.50 bits per heavy atom. The predicted molar refractivity (Wildman–Crippen MR) is 25.0 cm³/mol. The van der Waals surface area contributed by atoms with Crippen molar-refractivity contribution in [3.63, 3.8) is 0 Å². The first-order valence-corrected chi connectivity index (χ1v) is 2.47. The number of hydrogen-bond acceptors (Lipinski definition) is 2. The Bertz CT molecular complexity index is 113. The molecule has 0 amide bonds. The Morgan fingerprint density at radius 1 is 1.88 bits per heavy atom. The third kappa shape index (κ3) is 0.804. The Labute approximate surface area is 46.6 Å². The van der Waals surface area contributed by atoms with Crippen LogP contribution in [0.15, 0.2) is 0 Å². The molecule has 8 heavy (non-hydrogen) atoms. The molecule has 0 bridgehead atoms. The molecule has 0 aromatic carbocycles. The van der Waals surface area contributed by atoms with Gasteiger partial charge in [-0.1, -0.05) is 0 Å². The van der Waals surface area contributed by atoms with Gasteiger partial charge in [0.2, 0.25) is 0 Å². The number of esters is 1. The molecule has 0 aliphatic heterocycles. The Hall–Kier alpha value is -0.600. The van der Waals surface area contributed by atoms with Gasteiger partial charge in [-0.15, -0.1) is 0 Å². The molecule has 3 heteroatoms. The second kappa shape index (κ2) is 1.73. The molecule has 1 aliphatic carbocycles. The first-order valence-electron chi connectivity index (χ1n) is 2.47. The van der Waals surface area contributed by atoms with Crippen LogP contribution in [0.4, 0.5) is 4.39 Å². The lowest BCUT2D eigenvalue weighted by Crippen LogP contribution is -2.03. The summed E-state index contributed by atoms with van der Waals surface area (Å²) in [6.07, 6.45) is -0.574. The maximum Gasteiger partial charge on any atom is 0.311 e. The maximum absolute atomic E-state index is 11.9. The van der Waals surface area contributed by atoms with Crippen molar-refractivity contribution in [2.75, 3.05) is 7.11 Å². The molecule has 0 aromatic heterocycles. The molecule has 0 radical (unpaired) electrons. The molecule has 1 saturated carbocycles. The SMILES string of the molecule is COC(=O)C1CC1F. The first kappa shape index (κ1) is 5.54. The van der Waals surface area contributed by atoms with Gasteiger partial charge in [-0.2, -0.15) is 0 Å². The summed E-state index contributed by atoms with van der Waals surface area (Å²) in [4.78, 5) is 10.3. The molecule has 2 nitrogen and oxygen atoms in total. The zero-order chi connectivity index (χ0) is 6.15. The molecule has 2 atom stereocenters. The fraction of sp³-hybridized carbons (Fsp3) is 0.800. The number of alkyl halides is 1. The zero-order valence-corrected chi connectivity index (χ0v) is 4.56. The third-order valence-electron chi connectivity index (χ3n) is 1.22. The van der Waals surface area contributed by atoms with Crippen molar-refractivity contribution >= 4 is 5.97 Å². The highest BCUT2D eigenvalue weighted by molar-refractivity contribution is 5.76. The van der Waals surface area contributed by atoms with Crippen LogP contribution in [0, 0.1) is 5.92 Å². The number of halogens is 1. The van der Waals surface area contributed by atoms with Gasteiger partial charge in [0.05, 0.1) is 13.0 Å². The molecule has 0 aromatic rings. The molecule has 1 aliphatic rings. The smallest absolute Gasteiger partial charge is 0.311 e. The van der Waals surface area contributed by atoms with E-state index in [1.807, 2.05) is 0 Å². The van der Waals surface area contributed by atoms with Gasteiger partial charge in [-0.3, -0.25) is 4.79 Å². The molecule has 1 fully saturated rings. The summed E-state index contributed by atoms with van der Waals surface area (Å²) >= 11 is 0. The molecular formula is C5H7FO2. The molecule has 0 N–H and O–H groups in total. The van der Waals surface area contributed by atoms with Gasteiger partial charge < -0.3 is 4.74 Å². The Morgan fingerprint density at radius 2 is 2.38 bits per heavy atom. The van der Waals surface area contributed by atoms with Crippen molar-refractivity contribution < 1.29 is 13.9 Å². The zero-order valence-electron chi connectivity index (χ0n) is 4.56. The summed E-state index contributed by atoms with van der Waals surface area (Å²) in [5.41, 5.74) is 0. The normalized spacial score (nSPS) is 34.2. The lowest BCUT2D eigenvalue weighted by Gasteiger charge is -1.90. The van der Waals surface area contributed by atoms with E-state index in [4.69, 9.17) is 0 Å². The van der Waals surface area contributed by atoms with E-state index in [0.29, 0.717) is 6.42 Å². The lowest BCUT2D eigenvalue weighted by atomic mass is 10.4. The van der Waals surface area contributed by atoms with Crippen molar-refractivity contribution in [3.8, 4) is 0 Å². The minimum atomic E-state index is -0.928. The highest BCUT2D eigenvalue weighted by atomic mass is 19.1. The Kier molecular flexibility index (Phi) is 1.19. The third-order valence-corrected chi connectivity index (χ3v) is 1.22. The van der Waals surface area contributed by atoms with Gasteiger partial charge in [-0.25, -0.2) is 4.39 Å². The largest absolute Gasteiger partial charge is 0.469 e. The van der Waals surface area contributed by atoms with E-state index < -0.39 is 18.1 Å². The highest BCUT2D eigenvalue weighted by Gasteiger charge is 2.44. The van der Waals surface area contributed by atoms with Crippen LogP contribution in [0.25, 0.3) is 0 Å². The molecule has 1 rings (SSSR count). The van der Waals surface area contributed by atoms with E-state index >= 15 is 0 Å². The average molecular weight is 118 g/mol. The van der Waals surface area contributed by atoms with E-state index in [2.05, 4.69) is 4.74 Å². The fourth-order valence-electron chi connectivity index (χ4n) is 0.559. The number of hydrogen-bond donors (Lipinski definition) is 0. The van der Waals surface area contributed by atoms with E-state index in [0.717, 1.165) is 0 Å². The summed E-state index contributed by atoms with van der Waals surface area (Å²) in [5.74, 6) is -0.863. The second-order valence-electron chi connectivity index (χ2n) is 1.88. The number of ether oxygens (including phenoxy) is 1. The van der Waals surface area contributed by atoms with E-state index in [-0.39, 0.29) is 0 Å². The van der Waals surface area contributed by atoms with Crippen LogP contribution in [-0.2, 0) is 9.53 Å². The molecular weight excluding hydrogens is 111 g/mol. The van der Waals surface area contributed by atoms with Crippen molar-refractivity contribution in [3.05, 3.63) is 0 Å². The monoisotopic (exact) mass is 118 g/mol. The summed E-state index contributed by atoms with van der Waals surface area (Å²) < 4.78 is 16.2. The standard InChI is InChI=1S/C5H7FO2/c1-8-5(7)3-2-4(3)6/h3-4H,2H2,1H3. The fourth-order valence-corrected chi connectivity index (χ4v) is 0.559. The van der Waals surface area contributed by atoms with Crippen molar-refractivity contribution in [2.45, 2.75) is 12.6 Å². The topological polar surface area (TPSA) is 26.3 Å². The van der Waals surface area contributed by atoms with E-state index in [1.165, 1.54) is 7.11 Å². The number of carbonyl (C=O) groups is 1. The highest BCUT2D eigenvalue weighted by Crippen LogP contribution is 2.34. The summed E-state index contributed by atoms with van der Waals surface area (Å²) in [6, 6.07) is 0. The van der Waals surface area contributed by atoms with Crippen molar-refractivity contribution in [2.24, 2.45) is 5.92 Å². The van der Waals surface area contributed by atoms with E-state index in [1.54, 1.807) is 0 Å². The maximum atomic E-state index is 11.9. The van der Waals surface area contributed by atoms with Crippen LogP contribution in [-0.4, -0.2) is 19.3 Å². The van der Waals surface area contributed by atoms with Crippen LogP contribution in [0.5, 0.6) is 0 Å². The molecule has 2 unspecified atom stereocenters. The molecule has 46 valence electrons.